The number of aliphatic hydroxyl groups excluding tert-OH is 1. The van der Waals surface area contributed by atoms with E-state index in [0.29, 0.717) is 11.6 Å². The van der Waals surface area contributed by atoms with Gasteiger partial charge >= 0.3 is 0 Å². The number of pyridine rings is 2. The second kappa shape index (κ2) is 5.58. The van der Waals surface area contributed by atoms with Crippen LogP contribution in [0.3, 0.4) is 0 Å². The maximum atomic E-state index is 10.1. The Kier molecular flexibility index (Phi) is 4.10. The summed E-state index contributed by atoms with van der Waals surface area (Å²) in [6.45, 7) is 0. The molecule has 0 amide bonds. The molecule has 1 unspecified atom stereocenters. The van der Waals surface area contributed by atoms with E-state index in [9.17, 15) is 5.11 Å². The van der Waals surface area contributed by atoms with Gasteiger partial charge in [-0.05, 0) is 45.3 Å². The number of halogens is 2. The van der Waals surface area contributed by atoms with E-state index in [0.717, 1.165) is 15.6 Å². The maximum absolute atomic E-state index is 10.1. The molecule has 0 aromatic carbocycles. The molecule has 0 saturated carbocycles. The molecule has 2 aromatic heterocycles. The average Bonchev–Trinajstić information content (AvgIpc) is 2.29. The third kappa shape index (κ3) is 3.49. The predicted molar refractivity (Wildman–Crippen MR) is 69.8 cm³/mol. The smallest absolute Gasteiger partial charge is 0.129 e. The zero-order chi connectivity index (χ0) is 12.3. The van der Waals surface area contributed by atoms with E-state index in [2.05, 4.69) is 25.9 Å². The van der Waals surface area contributed by atoms with Crippen molar-refractivity contribution in [1.82, 2.24) is 9.97 Å². The molecular weight excluding hydrogens is 304 g/mol. The van der Waals surface area contributed by atoms with Crippen LogP contribution >= 0.6 is 27.5 Å². The molecule has 0 saturated heterocycles. The third-order valence-electron chi connectivity index (χ3n) is 2.33. The number of aliphatic hydroxyl groups is 1. The van der Waals surface area contributed by atoms with Crippen LogP contribution in [0, 0.1) is 0 Å². The van der Waals surface area contributed by atoms with Crippen molar-refractivity contribution in [3.63, 3.8) is 0 Å². The van der Waals surface area contributed by atoms with Crippen LogP contribution in [0.15, 0.2) is 41.3 Å². The summed E-state index contributed by atoms with van der Waals surface area (Å²) in [5.74, 6) is 0. The summed E-state index contributed by atoms with van der Waals surface area (Å²) in [5.41, 5.74) is 1.71. The molecule has 2 aromatic rings. The molecule has 0 aliphatic heterocycles. The van der Waals surface area contributed by atoms with Gasteiger partial charge in [-0.3, -0.25) is 4.98 Å². The lowest BCUT2D eigenvalue weighted by molar-refractivity contribution is 0.178. The van der Waals surface area contributed by atoms with Gasteiger partial charge in [-0.1, -0.05) is 11.6 Å². The molecule has 0 aliphatic carbocycles. The number of nitrogens with zero attached hydrogens (tertiary/aromatic N) is 2. The van der Waals surface area contributed by atoms with Crippen molar-refractivity contribution in [1.29, 1.82) is 0 Å². The fraction of sp³-hybridized carbons (Fsp3) is 0.167. The Morgan fingerprint density at radius 1 is 1.35 bits per heavy atom. The summed E-state index contributed by atoms with van der Waals surface area (Å²) in [7, 11) is 0. The van der Waals surface area contributed by atoms with Crippen LogP contribution < -0.4 is 0 Å². The highest BCUT2D eigenvalue weighted by Crippen LogP contribution is 2.21. The zero-order valence-electron chi connectivity index (χ0n) is 8.85. The molecule has 0 bridgehead atoms. The van der Waals surface area contributed by atoms with Crippen LogP contribution in [0.25, 0.3) is 0 Å². The second-order valence-electron chi connectivity index (χ2n) is 3.64. The number of aromatic nitrogens is 2. The fourth-order valence-electron chi connectivity index (χ4n) is 1.53. The second-order valence-corrected chi connectivity index (χ2v) is 4.95. The lowest BCUT2D eigenvalue weighted by Gasteiger charge is -2.11. The van der Waals surface area contributed by atoms with Crippen LogP contribution in [0.2, 0.25) is 5.15 Å². The highest BCUT2D eigenvalue weighted by molar-refractivity contribution is 9.10. The Hall–Kier alpha value is -0.970. The topological polar surface area (TPSA) is 46.0 Å². The van der Waals surface area contributed by atoms with Gasteiger partial charge in [0.2, 0.25) is 0 Å². The Balaban J connectivity index is 2.14. The Morgan fingerprint density at radius 3 is 2.88 bits per heavy atom. The minimum Gasteiger partial charge on any atom is -0.388 e. The highest BCUT2D eigenvalue weighted by Gasteiger charge is 2.09. The van der Waals surface area contributed by atoms with Crippen molar-refractivity contribution in [3.05, 3.63) is 57.5 Å². The minimum atomic E-state index is -0.605. The number of hydrogen-bond acceptors (Lipinski definition) is 3. The molecule has 0 aliphatic rings. The molecule has 5 heteroatoms. The van der Waals surface area contributed by atoms with Gasteiger partial charge in [0.1, 0.15) is 5.15 Å². The summed E-state index contributed by atoms with van der Waals surface area (Å²) < 4.78 is 0.898. The zero-order valence-corrected chi connectivity index (χ0v) is 11.2. The van der Waals surface area contributed by atoms with Gasteiger partial charge < -0.3 is 5.11 Å². The van der Waals surface area contributed by atoms with Gasteiger partial charge in [-0.2, -0.15) is 0 Å². The van der Waals surface area contributed by atoms with E-state index >= 15 is 0 Å². The van der Waals surface area contributed by atoms with Crippen molar-refractivity contribution >= 4 is 27.5 Å². The third-order valence-corrected chi connectivity index (χ3v) is 2.97. The van der Waals surface area contributed by atoms with Crippen molar-refractivity contribution in [3.8, 4) is 0 Å². The van der Waals surface area contributed by atoms with Gasteiger partial charge in [-0.25, -0.2) is 4.98 Å². The standard InChI is InChI=1S/C12H10BrClN2O/c13-10-3-8(6-15-7-10)4-11(17)9-1-2-16-12(14)5-9/h1-3,5-7,11,17H,4H2. The fourth-order valence-corrected chi connectivity index (χ4v) is 2.13. The normalized spacial score (nSPS) is 12.4. The lowest BCUT2D eigenvalue weighted by atomic mass is 10.0. The van der Waals surface area contributed by atoms with Gasteiger partial charge in [0, 0.05) is 29.5 Å². The van der Waals surface area contributed by atoms with Crippen molar-refractivity contribution in [2.24, 2.45) is 0 Å². The molecule has 88 valence electrons. The van der Waals surface area contributed by atoms with E-state index < -0.39 is 6.10 Å². The van der Waals surface area contributed by atoms with Crippen LogP contribution in [0.1, 0.15) is 17.2 Å². The van der Waals surface area contributed by atoms with Crippen LogP contribution in [-0.4, -0.2) is 15.1 Å². The Bertz CT molecular complexity index is 521. The predicted octanol–water partition coefficient (Wildman–Crippen LogP) is 3.17. The molecule has 3 nitrogen and oxygen atoms in total. The lowest BCUT2D eigenvalue weighted by Crippen LogP contribution is -2.02. The molecule has 0 spiro atoms. The molecular formula is C12H10BrClN2O. The van der Waals surface area contributed by atoms with Crippen LogP contribution in [-0.2, 0) is 6.42 Å². The summed E-state index contributed by atoms with van der Waals surface area (Å²) in [4.78, 5) is 7.93. The first-order chi connectivity index (χ1) is 8.15. The average molecular weight is 314 g/mol. The minimum absolute atomic E-state index is 0.383. The monoisotopic (exact) mass is 312 g/mol. The summed E-state index contributed by atoms with van der Waals surface area (Å²) >= 11 is 9.12. The van der Waals surface area contributed by atoms with Crippen molar-refractivity contribution < 1.29 is 5.11 Å². The quantitative estimate of drug-likeness (QED) is 0.885. The summed E-state index contributed by atoms with van der Waals surface area (Å²) in [5, 5.41) is 10.4. The molecule has 0 fully saturated rings. The van der Waals surface area contributed by atoms with Gasteiger partial charge in [0.05, 0.1) is 6.10 Å². The molecule has 1 atom stereocenters. The van der Waals surface area contributed by atoms with E-state index in [1.807, 2.05) is 6.07 Å². The van der Waals surface area contributed by atoms with Gasteiger partial charge in [0.15, 0.2) is 0 Å². The molecule has 0 radical (unpaired) electrons. The van der Waals surface area contributed by atoms with E-state index in [4.69, 9.17) is 11.6 Å². The van der Waals surface area contributed by atoms with E-state index in [1.54, 1.807) is 30.7 Å². The SMILES string of the molecule is OC(Cc1cncc(Br)c1)c1ccnc(Cl)c1. The molecule has 2 heterocycles. The van der Waals surface area contributed by atoms with Crippen LogP contribution in [0.5, 0.6) is 0 Å². The van der Waals surface area contributed by atoms with Crippen LogP contribution in [0.4, 0.5) is 0 Å². The maximum Gasteiger partial charge on any atom is 0.129 e. The van der Waals surface area contributed by atoms with Gasteiger partial charge in [-0.15, -0.1) is 0 Å². The van der Waals surface area contributed by atoms with E-state index in [-0.39, 0.29) is 0 Å². The largest absolute Gasteiger partial charge is 0.388 e. The van der Waals surface area contributed by atoms with Gasteiger partial charge in [0.25, 0.3) is 0 Å². The number of rotatable bonds is 3. The molecule has 1 N–H and O–H groups in total. The van der Waals surface area contributed by atoms with Crippen molar-refractivity contribution in [2.45, 2.75) is 12.5 Å². The summed E-state index contributed by atoms with van der Waals surface area (Å²) in [6, 6.07) is 5.35. The first-order valence-corrected chi connectivity index (χ1v) is 6.21. The Labute approximate surface area is 113 Å². The summed E-state index contributed by atoms with van der Waals surface area (Å²) in [6.07, 6.45) is 4.91. The number of hydrogen-bond donors (Lipinski definition) is 1. The first-order valence-electron chi connectivity index (χ1n) is 5.04. The van der Waals surface area contributed by atoms with E-state index in [1.165, 1.54) is 0 Å². The first kappa shape index (κ1) is 12.5. The molecule has 17 heavy (non-hydrogen) atoms. The highest BCUT2D eigenvalue weighted by atomic mass is 79.9. The Morgan fingerprint density at radius 2 is 2.18 bits per heavy atom. The van der Waals surface area contributed by atoms with Crippen molar-refractivity contribution in [2.75, 3.05) is 0 Å². The molecule has 2 rings (SSSR count).